The Balaban J connectivity index is 2.01. The molecule has 0 radical (unpaired) electrons. The summed E-state index contributed by atoms with van der Waals surface area (Å²) in [6.45, 7) is 0.720. The first kappa shape index (κ1) is 6.84. The zero-order chi connectivity index (χ0) is 8.13. The lowest BCUT2D eigenvalue weighted by Gasteiger charge is -2.28. The number of hydrogen-bond donors (Lipinski definition) is 0. The second kappa shape index (κ2) is 2.19. The molecule has 2 heteroatoms. The van der Waals surface area contributed by atoms with Crippen LogP contribution in [0.25, 0.3) is 0 Å². The summed E-state index contributed by atoms with van der Waals surface area (Å²) in [4.78, 5) is 11.5. The van der Waals surface area contributed by atoms with Crippen molar-refractivity contribution in [1.82, 2.24) is 0 Å². The third-order valence-electron chi connectivity index (χ3n) is 3.42. The van der Waals surface area contributed by atoms with Crippen LogP contribution >= 0.6 is 0 Å². The van der Waals surface area contributed by atoms with Gasteiger partial charge in [-0.1, -0.05) is 6.42 Å². The zero-order valence-electron chi connectivity index (χ0n) is 6.95. The lowest BCUT2D eigenvalue weighted by atomic mass is 9.78. The molecular weight excluding hydrogens is 152 g/mol. The summed E-state index contributed by atoms with van der Waals surface area (Å²) >= 11 is 0. The Bertz CT molecular complexity index is 267. The Morgan fingerprint density at radius 3 is 3.25 bits per heavy atom. The first-order valence-electron chi connectivity index (χ1n) is 4.72. The van der Waals surface area contributed by atoms with Crippen molar-refractivity contribution >= 4 is 5.78 Å². The molecule has 0 aromatic carbocycles. The standard InChI is InChI=1S/C10H12O2/c11-8-4-6-5-12-9-3-1-2-7(8)10(6)9/h4,7,9-10H,1-3,5H2. The van der Waals surface area contributed by atoms with Crippen LogP contribution in [0.3, 0.4) is 0 Å². The fourth-order valence-electron chi connectivity index (χ4n) is 2.89. The topological polar surface area (TPSA) is 26.3 Å². The van der Waals surface area contributed by atoms with Crippen LogP contribution < -0.4 is 0 Å². The van der Waals surface area contributed by atoms with Gasteiger partial charge in [0.2, 0.25) is 0 Å². The van der Waals surface area contributed by atoms with Gasteiger partial charge in [0.25, 0.3) is 0 Å². The van der Waals surface area contributed by atoms with Crippen molar-refractivity contribution in [3.63, 3.8) is 0 Å². The van der Waals surface area contributed by atoms with Crippen molar-refractivity contribution in [2.45, 2.75) is 25.4 Å². The van der Waals surface area contributed by atoms with E-state index in [1.807, 2.05) is 6.08 Å². The average Bonchev–Trinajstić information content (AvgIpc) is 2.61. The van der Waals surface area contributed by atoms with Crippen LogP contribution in [0, 0.1) is 11.8 Å². The number of ketones is 1. The van der Waals surface area contributed by atoms with Crippen molar-refractivity contribution in [3.8, 4) is 0 Å². The van der Waals surface area contributed by atoms with Crippen molar-refractivity contribution in [1.29, 1.82) is 0 Å². The molecule has 64 valence electrons. The highest BCUT2D eigenvalue weighted by molar-refractivity contribution is 5.96. The lowest BCUT2D eigenvalue weighted by Crippen LogP contribution is -2.30. The number of hydrogen-bond acceptors (Lipinski definition) is 2. The number of ether oxygens (including phenoxy) is 1. The summed E-state index contributed by atoms with van der Waals surface area (Å²) in [6.07, 6.45) is 5.62. The second-order valence-electron chi connectivity index (χ2n) is 4.03. The maximum atomic E-state index is 11.5. The van der Waals surface area contributed by atoms with Gasteiger partial charge in [0, 0.05) is 11.8 Å². The highest BCUT2D eigenvalue weighted by Gasteiger charge is 2.47. The largest absolute Gasteiger partial charge is 0.373 e. The maximum absolute atomic E-state index is 11.5. The number of rotatable bonds is 0. The van der Waals surface area contributed by atoms with Gasteiger partial charge in [-0.3, -0.25) is 4.79 Å². The number of carbonyl (C=O) groups is 1. The first-order valence-corrected chi connectivity index (χ1v) is 4.72. The second-order valence-corrected chi connectivity index (χ2v) is 4.03. The molecule has 1 saturated carbocycles. The molecule has 2 fully saturated rings. The molecule has 2 nitrogen and oxygen atoms in total. The van der Waals surface area contributed by atoms with E-state index in [2.05, 4.69) is 0 Å². The molecular formula is C10H12O2. The monoisotopic (exact) mass is 164 g/mol. The Morgan fingerprint density at radius 2 is 2.33 bits per heavy atom. The molecule has 3 rings (SSSR count). The van der Waals surface area contributed by atoms with Gasteiger partial charge >= 0.3 is 0 Å². The molecule has 12 heavy (non-hydrogen) atoms. The predicted molar refractivity (Wildman–Crippen MR) is 43.7 cm³/mol. The molecule has 0 N–H and O–H groups in total. The summed E-state index contributed by atoms with van der Waals surface area (Å²) < 4.78 is 5.62. The van der Waals surface area contributed by atoms with Gasteiger partial charge in [-0.25, -0.2) is 0 Å². The third-order valence-corrected chi connectivity index (χ3v) is 3.42. The van der Waals surface area contributed by atoms with Crippen LogP contribution in [-0.2, 0) is 9.53 Å². The van der Waals surface area contributed by atoms with Gasteiger partial charge in [-0.15, -0.1) is 0 Å². The predicted octanol–water partition coefficient (Wildman–Crippen LogP) is 1.31. The lowest BCUT2D eigenvalue weighted by molar-refractivity contribution is -0.120. The minimum absolute atomic E-state index is 0.293. The summed E-state index contributed by atoms with van der Waals surface area (Å²) in [5.41, 5.74) is 1.27. The maximum Gasteiger partial charge on any atom is 0.159 e. The quantitative estimate of drug-likeness (QED) is 0.539. The van der Waals surface area contributed by atoms with Crippen LogP contribution in [-0.4, -0.2) is 18.5 Å². The zero-order valence-corrected chi connectivity index (χ0v) is 6.95. The van der Waals surface area contributed by atoms with Gasteiger partial charge in [0.15, 0.2) is 5.78 Å². The van der Waals surface area contributed by atoms with Crippen molar-refractivity contribution in [2.24, 2.45) is 11.8 Å². The summed E-state index contributed by atoms with van der Waals surface area (Å²) in [5.74, 6) is 1.13. The van der Waals surface area contributed by atoms with Crippen molar-refractivity contribution < 1.29 is 9.53 Å². The molecule has 0 aromatic heterocycles. The highest BCUT2D eigenvalue weighted by Crippen LogP contribution is 2.45. The van der Waals surface area contributed by atoms with E-state index in [0.29, 0.717) is 23.7 Å². The first-order chi connectivity index (χ1) is 5.86. The summed E-state index contributed by atoms with van der Waals surface area (Å²) in [7, 11) is 0. The molecule has 1 saturated heterocycles. The van der Waals surface area contributed by atoms with E-state index >= 15 is 0 Å². The molecule has 3 atom stereocenters. The molecule has 1 aliphatic heterocycles. The Hall–Kier alpha value is -0.630. The minimum atomic E-state index is 0.293. The normalized spacial score (nSPS) is 44.5. The van der Waals surface area contributed by atoms with E-state index in [1.165, 1.54) is 12.0 Å². The van der Waals surface area contributed by atoms with Gasteiger partial charge in [0.1, 0.15) is 0 Å². The summed E-state index contributed by atoms with van der Waals surface area (Å²) in [5, 5.41) is 0. The van der Waals surface area contributed by atoms with Gasteiger partial charge in [-0.2, -0.15) is 0 Å². The highest BCUT2D eigenvalue weighted by atomic mass is 16.5. The molecule has 1 heterocycles. The molecule has 0 bridgehead atoms. The van der Waals surface area contributed by atoms with Crippen LogP contribution in [0.2, 0.25) is 0 Å². The Kier molecular flexibility index (Phi) is 1.25. The molecule has 0 amide bonds. The van der Waals surface area contributed by atoms with Crippen LogP contribution in [0.15, 0.2) is 11.6 Å². The van der Waals surface area contributed by atoms with E-state index < -0.39 is 0 Å². The molecule has 3 unspecified atom stereocenters. The SMILES string of the molecule is O=C1C=C2COC3CCCC1C23. The van der Waals surface area contributed by atoms with Crippen molar-refractivity contribution in [2.75, 3.05) is 6.61 Å². The van der Waals surface area contributed by atoms with E-state index in [9.17, 15) is 4.79 Å². The summed E-state index contributed by atoms with van der Waals surface area (Å²) in [6, 6.07) is 0. The third kappa shape index (κ3) is 0.712. The smallest absolute Gasteiger partial charge is 0.159 e. The van der Waals surface area contributed by atoms with Crippen LogP contribution in [0.1, 0.15) is 19.3 Å². The van der Waals surface area contributed by atoms with Crippen molar-refractivity contribution in [3.05, 3.63) is 11.6 Å². The number of allylic oxidation sites excluding steroid dienone is 1. The Morgan fingerprint density at radius 1 is 1.42 bits per heavy atom. The van der Waals surface area contributed by atoms with E-state index in [4.69, 9.17) is 4.74 Å². The molecule has 2 aliphatic carbocycles. The molecule has 3 aliphatic rings. The van der Waals surface area contributed by atoms with Gasteiger partial charge < -0.3 is 4.74 Å². The van der Waals surface area contributed by atoms with E-state index in [0.717, 1.165) is 19.4 Å². The molecule has 0 aromatic rings. The fraction of sp³-hybridized carbons (Fsp3) is 0.700. The average molecular weight is 164 g/mol. The van der Waals surface area contributed by atoms with Crippen LogP contribution in [0.4, 0.5) is 0 Å². The number of carbonyl (C=O) groups excluding carboxylic acids is 1. The van der Waals surface area contributed by atoms with E-state index in [-0.39, 0.29) is 0 Å². The fourth-order valence-corrected chi connectivity index (χ4v) is 2.89. The Labute approximate surface area is 71.6 Å². The minimum Gasteiger partial charge on any atom is -0.373 e. The van der Waals surface area contributed by atoms with Crippen LogP contribution in [0.5, 0.6) is 0 Å². The van der Waals surface area contributed by atoms with E-state index in [1.54, 1.807) is 0 Å². The van der Waals surface area contributed by atoms with Gasteiger partial charge in [0.05, 0.1) is 12.7 Å². The van der Waals surface area contributed by atoms with Gasteiger partial charge in [-0.05, 0) is 24.5 Å². The molecule has 0 spiro atoms.